The molecular weight excluding hydrogens is 679 g/mol. The minimum Gasteiger partial charge on any atom is -0.496 e. The first-order valence-corrected chi connectivity index (χ1v) is 17.1. The number of pyridine rings is 1. The molecule has 1 unspecified atom stereocenters. The number of halogens is 3. The number of ether oxygens (including phenoxy) is 3. The second kappa shape index (κ2) is 14.2. The lowest BCUT2D eigenvalue weighted by atomic mass is 10.1. The molecule has 3 aromatic rings. The van der Waals surface area contributed by atoms with E-state index in [4.69, 9.17) is 19.3 Å². The molecule has 1 aliphatic heterocycles. The van der Waals surface area contributed by atoms with Gasteiger partial charge in [-0.2, -0.15) is 23.3 Å². The van der Waals surface area contributed by atoms with Gasteiger partial charge in [-0.15, -0.1) is 16.7 Å². The van der Waals surface area contributed by atoms with Crippen molar-refractivity contribution in [2.24, 2.45) is 0 Å². The van der Waals surface area contributed by atoms with Crippen LogP contribution in [-0.2, 0) is 27.2 Å². The number of alkyl halides is 3. The molecule has 0 radical (unpaired) electrons. The summed E-state index contributed by atoms with van der Waals surface area (Å²) in [4.78, 5) is 55.2. The molecular formula is C33H44F3N7O6S. The third-order valence-electron chi connectivity index (χ3n) is 7.80. The van der Waals surface area contributed by atoms with Crippen molar-refractivity contribution in [3.8, 4) is 5.75 Å². The van der Waals surface area contributed by atoms with Gasteiger partial charge in [-0.1, -0.05) is 6.92 Å². The van der Waals surface area contributed by atoms with Crippen LogP contribution in [0.1, 0.15) is 84.3 Å². The van der Waals surface area contributed by atoms with Gasteiger partial charge in [-0.05, 0) is 68.7 Å². The fraction of sp³-hybridized carbons (Fsp3) is 0.606. The fourth-order valence-electron chi connectivity index (χ4n) is 5.49. The normalized spacial score (nSPS) is 15.7. The molecule has 0 fully saturated rings. The third-order valence-corrected chi connectivity index (χ3v) is 8.92. The Hall–Kier alpha value is -4.15. The van der Waals surface area contributed by atoms with Crippen molar-refractivity contribution in [1.82, 2.24) is 29.6 Å². The maximum atomic E-state index is 13.9. The highest BCUT2D eigenvalue weighted by molar-refractivity contribution is 7.99. The van der Waals surface area contributed by atoms with E-state index in [1.165, 1.54) is 4.68 Å². The van der Waals surface area contributed by atoms with E-state index in [1.54, 1.807) is 68.7 Å². The first-order valence-electron chi connectivity index (χ1n) is 16.1. The summed E-state index contributed by atoms with van der Waals surface area (Å²) >= 11 is 1.07. The summed E-state index contributed by atoms with van der Waals surface area (Å²) in [6.07, 6.45) is -5.40. The van der Waals surface area contributed by atoms with E-state index in [0.717, 1.165) is 27.8 Å². The molecule has 2 atom stereocenters. The number of hydrogen-bond acceptors (Lipinski definition) is 11. The van der Waals surface area contributed by atoms with Crippen molar-refractivity contribution in [3.05, 3.63) is 28.7 Å². The van der Waals surface area contributed by atoms with Gasteiger partial charge in [0.25, 0.3) is 0 Å². The molecule has 4 heterocycles. The Morgan fingerprint density at radius 1 is 1.04 bits per heavy atom. The first-order chi connectivity index (χ1) is 23.1. The molecule has 50 heavy (non-hydrogen) atoms. The highest BCUT2D eigenvalue weighted by Gasteiger charge is 2.47. The summed E-state index contributed by atoms with van der Waals surface area (Å²) in [6, 6.07) is -1.67. The molecule has 17 heteroatoms. The highest BCUT2D eigenvalue weighted by atomic mass is 32.2. The number of hydrogen-bond donors (Lipinski definition) is 0. The van der Waals surface area contributed by atoms with Gasteiger partial charge < -0.3 is 19.1 Å². The van der Waals surface area contributed by atoms with Gasteiger partial charge in [-0.3, -0.25) is 9.78 Å². The Morgan fingerprint density at radius 3 is 2.16 bits per heavy atom. The third kappa shape index (κ3) is 8.41. The van der Waals surface area contributed by atoms with E-state index in [2.05, 4.69) is 15.0 Å². The van der Waals surface area contributed by atoms with E-state index in [9.17, 15) is 27.6 Å². The zero-order valence-corrected chi connectivity index (χ0v) is 31.0. The number of methoxy groups -OCH3 is 1. The number of carbonyl (C=O) groups excluding carboxylic acids is 3. The Kier molecular flexibility index (Phi) is 11.0. The van der Waals surface area contributed by atoms with E-state index in [0.29, 0.717) is 27.4 Å². The number of rotatable bonds is 7. The molecule has 3 amide bonds. The lowest BCUT2D eigenvalue weighted by molar-refractivity contribution is -0.189. The van der Waals surface area contributed by atoms with Crippen molar-refractivity contribution in [3.63, 3.8) is 0 Å². The largest absolute Gasteiger partial charge is 0.496 e. The van der Waals surface area contributed by atoms with Crippen molar-refractivity contribution in [2.75, 3.05) is 17.8 Å². The van der Waals surface area contributed by atoms with Crippen LogP contribution in [0, 0.1) is 13.8 Å². The van der Waals surface area contributed by atoms with Gasteiger partial charge in [0.1, 0.15) is 22.0 Å². The predicted octanol–water partition coefficient (Wildman–Crippen LogP) is 6.78. The van der Waals surface area contributed by atoms with Crippen LogP contribution < -0.4 is 9.64 Å². The topological polar surface area (TPSA) is 142 Å². The second-order valence-electron chi connectivity index (χ2n) is 14.1. The first kappa shape index (κ1) is 38.6. The number of anilines is 1. The molecule has 0 aliphatic carbocycles. The smallest absolute Gasteiger partial charge is 0.471 e. The van der Waals surface area contributed by atoms with Crippen LogP contribution >= 0.6 is 11.8 Å². The van der Waals surface area contributed by atoms with Crippen molar-refractivity contribution in [2.45, 2.75) is 123 Å². The van der Waals surface area contributed by atoms with Crippen LogP contribution in [0.25, 0.3) is 11.0 Å². The minimum atomic E-state index is -5.09. The van der Waals surface area contributed by atoms with Gasteiger partial charge in [0.15, 0.2) is 5.65 Å². The molecule has 0 bridgehead atoms. The number of aromatic nitrogens is 5. The summed E-state index contributed by atoms with van der Waals surface area (Å²) < 4.78 is 59.9. The fourth-order valence-corrected chi connectivity index (χ4v) is 6.62. The van der Waals surface area contributed by atoms with Gasteiger partial charge in [0, 0.05) is 41.6 Å². The number of nitrogens with zero attached hydrogens (tertiary/aromatic N) is 7. The molecule has 274 valence electrons. The number of aryl methyl sites for hydroxylation is 1. The predicted molar refractivity (Wildman–Crippen MR) is 181 cm³/mol. The van der Waals surface area contributed by atoms with Crippen LogP contribution in [0.15, 0.2) is 11.2 Å². The molecule has 1 aliphatic rings. The average molecular weight is 724 g/mol. The van der Waals surface area contributed by atoms with Crippen LogP contribution in [0.3, 0.4) is 0 Å². The molecule has 0 saturated heterocycles. The second-order valence-corrected chi connectivity index (χ2v) is 15.1. The van der Waals surface area contributed by atoms with E-state index >= 15 is 0 Å². The van der Waals surface area contributed by atoms with Crippen LogP contribution in [-0.4, -0.2) is 90.1 Å². The Balaban J connectivity index is 1.96. The molecule has 0 N–H and O–H groups in total. The molecule has 3 aromatic heterocycles. The lowest BCUT2D eigenvalue weighted by Crippen LogP contribution is -2.53. The Bertz CT molecular complexity index is 1760. The van der Waals surface area contributed by atoms with Crippen LogP contribution in [0.4, 0.5) is 28.7 Å². The maximum absolute atomic E-state index is 13.9. The maximum Gasteiger partial charge on any atom is 0.471 e. The van der Waals surface area contributed by atoms with Gasteiger partial charge in [0.05, 0.1) is 30.4 Å². The number of imide groups is 1. The van der Waals surface area contributed by atoms with Crippen molar-refractivity contribution < 1.29 is 41.8 Å². The van der Waals surface area contributed by atoms with Gasteiger partial charge in [-0.25, -0.2) is 19.3 Å². The Labute approximate surface area is 293 Å². The van der Waals surface area contributed by atoms with E-state index in [-0.39, 0.29) is 41.8 Å². The van der Waals surface area contributed by atoms with E-state index < -0.39 is 47.6 Å². The standard InChI is InChI=1S/C33H44F3N7O6S/c1-12-18(3)42(27(44)33(34,35)36)20-13-21-23-25(41(40-21)15-22-19(4)24(47-11)17(2)14-37-22)38-28(39-26(23)50-16-20)43(29(45)48-31(5,6)7)30(46)49-32(8,9)10/h14,18,20H,12-13,15-16H2,1-11H3/t18?,20-/m0/s1. The summed E-state index contributed by atoms with van der Waals surface area (Å²) in [5, 5.41) is 5.45. The average Bonchev–Trinajstić information content (AvgIpc) is 3.20. The molecule has 0 aromatic carbocycles. The summed E-state index contributed by atoms with van der Waals surface area (Å²) in [5.74, 6) is -1.69. The van der Waals surface area contributed by atoms with E-state index in [1.807, 2.05) is 13.8 Å². The minimum absolute atomic E-state index is 0.0166. The molecule has 13 nitrogen and oxygen atoms in total. The highest BCUT2D eigenvalue weighted by Crippen LogP contribution is 2.38. The quantitative estimate of drug-likeness (QED) is 0.238. The van der Waals surface area contributed by atoms with Crippen molar-refractivity contribution in [1.29, 1.82) is 0 Å². The molecule has 4 rings (SSSR count). The number of amides is 3. The SMILES string of the molecule is CCC(C)N(C(=O)C(F)(F)F)[C@@H]1CSc2nc(N(C(=O)OC(C)(C)C)C(=O)OC(C)(C)C)nc3c2c(nn3Cc2ncc(C)c(OC)c2C)C1. The van der Waals surface area contributed by atoms with Gasteiger partial charge >= 0.3 is 24.3 Å². The summed E-state index contributed by atoms with van der Waals surface area (Å²) in [6.45, 7) is 16.8. The Morgan fingerprint density at radius 2 is 1.64 bits per heavy atom. The summed E-state index contributed by atoms with van der Waals surface area (Å²) in [5.41, 5.74) is 0.612. The number of carbonyl (C=O) groups is 3. The summed E-state index contributed by atoms with van der Waals surface area (Å²) in [7, 11) is 1.54. The lowest BCUT2D eigenvalue weighted by Gasteiger charge is -2.36. The molecule has 0 saturated carbocycles. The monoisotopic (exact) mass is 723 g/mol. The van der Waals surface area contributed by atoms with Crippen LogP contribution in [0.2, 0.25) is 0 Å². The van der Waals surface area contributed by atoms with Crippen LogP contribution in [0.5, 0.6) is 5.75 Å². The number of thioether (sulfide) groups is 1. The van der Waals surface area contributed by atoms with Gasteiger partial charge in [0.2, 0.25) is 5.95 Å². The molecule has 0 spiro atoms. The zero-order chi connectivity index (χ0) is 37.5. The zero-order valence-electron chi connectivity index (χ0n) is 30.2. The van der Waals surface area contributed by atoms with Crippen molar-refractivity contribution >= 4 is 46.8 Å².